The van der Waals surface area contributed by atoms with Crippen LogP contribution in [0.4, 0.5) is 5.13 Å². The van der Waals surface area contributed by atoms with Crippen LogP contribution < -0.4 is 10.6 Å². The van der Waals surface area contributed by atoms with Crippen molar-refractivity contribution in [2.24, 2.45) is 11.7 Å². The zero-order chi connectivity index (χ0) is 14.0. The highest BCUT2D eigenvalue weighted by Crippen LogP contribution is 2.35. The molecule has 0 aromatic carbocycles. The Bertz CT molecular complexity index is 412. The van der Waals surface area contributed by atoms with Crippen LogP contribution in [-0.2, 0) is 12.0 Å². The quantitative estimate of drug-likeness (QED) is 0.918. The molecule has 2 rings (SSSR count). The van der Waals surface area contributed by atoms with Crippen LogP contribution in [0.3, 0.4) is 0 Å². The number of hydrogen-bond acceptors (Lipinski definition) is 4. The molecule has 1 aromatic heterocycles. The highest BCUT2D eigenvalue weighted by molar-refractivity contribution is 7.15. The standard InChI is InChI=1S/C15H27N3S/c1-5-6-12-13(15(3,4)16)19-14(17-12)18-9-7-11(2)8-10-18/h11H,5-10,16H2,1-4H3. The van der Waals surface area contributed by atoms with Gasteiger partial charge in [0.1, 0.15) is 0 Å². The summed E-state index contributed by atoms with van der Waals surface area (Å²) in [5.41, 5.74) is 7.25. The van der Waals surface area contributed by atoms with Gasteiger partial charge in [0.2, 0.25) is 0 Å². The molecule has 2 N–H and O–H groups in total. The van der Waals surface area contributed by atoms with Crippen molar-refractivity contribution in [2.75, 3.05) is 18.0 Å². The number of hydrogen-bond donors (Lipinski definition) is 1. The summed E-state index contributed by atoms with van der Waals surface area (Å²) in [6, 6.07) is 0. The van der Waals surface area contributed by atoms with Gasteiger partial charge in [-0.2, -0.15) is 0 Å². The van der Waals surface area contributed by atoms with E-state index in [0.29, 0.717) is 0 Å². The fourth-order valence-electron chi connectivity index (χ4n) is 2.58. The maximum Gasteiger partial charge on any atom is 0.185 e. The minimum absolute atomic E-state index is 0.274. The summed E-state index contributed by atoms with van der Waals surface area (Å²) in [5.74, 6) is 0.858. The van der Waals surface area contributed by atoms with Crippen LogP contribution in [0.2, 0.25) is 0 Å². The van der Waals surface area contributed by atoms with Crippen molar-refractivity contribution in [3.05, 3.63) is 10.6 Å². The van der Waals surface area contributed by atoms with Gasteiger partial charge in [-0.1, -0.05) is 31.6 Å². The second-order valence-corrected chi connectivity index (χ2v) is 7.39. The zero-order valence-electron chi connectivity index (χ0n) is 12.7. The third-order valence-corrected chi connectivity index (χ3v) is 5.31. The van der Waals surface area contributed by atoms with Crippen LogP contribution in [0, 0.1) is 5.92 Å². The Hall–Kier alpha value is -0.610. The smallest absolute Gasteiger partial charge is 0.185 e. The summed E-state index contributed by atoms with van der Waals surface area (Å²) in [7, 11) is 0. The predicted octanol–water partition coefficient (Wildman–Crippen LogP) is 3.53. The van der Waals surface area contributed by atoms with E-state index in [9.17, 15) is 0 Å². The van der Waals surface area contributed by atoms with E-state index in [1.54, 1.807) is 11.3 Å². The first-order chi connectivity index (χ1) is 8.91. The second-order valence-electron chi connectivity index (χ2n) is 6.41. The third-order valence-electron chi connectivity index (χ3n) is 3.81. The molecule has 0 unspecified atom stereocenters. The fraction of sp³-hybridized carbons (Fsp3) is 0.800. The summed E-state index contributed by atoms with van der Waals surface area (Å²) in [6.45, 7) is 11.0. The van der Waals surface area contributed by atoms with E-state index in [2.05, 4.69) is 32.6 Å². The van der Waals surface area contributed by atoms with E-state index >= 15 is 0 Å². The Balaban J connectivity index is 2.22. The summed E-state index contributed by atoms with van der Waals surface area (Å²) in [4.78, 5) is 8.59. The molecule has 1 aromatic rings. The SMILES string of the molecule is CCCc1nc(N2CCC(C)CC2)sc1C(C)(C)N. The first-order valence-corrected chi connectivity index (χ1v) is 8.27. The molecule has 4 heteroatoms. The molecule has 0 aliphatic carbocycles. The van der Waals surface area contributed by atoms with Crippen LogP contribution in [0.25, 0.3) is 0 Å². The van der Waals surface area contributed by atoms with E-state index < -0.39 is 0 Å². The van der Waals surface area contributed by atoms with Crippen molar-refractivity contribution in [2.45, 2.75) is 58.9 Å². The number of rotatable bonds is 4. The number of thiazole rings is 1. The highest BCUT2D eigenvalue weighted by Gasteiger charge is 2.26. The van der Waals surface area contributed by atoms with Crippen LogP contribution in [0.15, 0.2) is 0 Å². The van der Waals surface area contributed by atoms with Gasteiger partial charge in [-0.05, 0) is 39.0 Å². The number of nitrogens with two attached hydrogens (primary N) is 1. The van der Waals surface area contributed by atoms with E-state index in [0.717, 1.165) is 31.8 Å². The molecule has 3 nitrogen and oxygen atoms in total. The van der Waals surface area contributed by atoms with Crippen molar-refractivity contribution in [3.8, 4) is 0 Å². The summed E-state index contributed by atoms with van der Waals surface area (Å²) in [5, 5.41) is 1.18. The molecular formula is C15H27N3S. The topological polar surface area (TPSA) is 42.2 Å². The highest BCUT2D eigenvalue weighted by atomic mass is 32.1. The lowest BCUT2D eigenvalue weighted by atomic mass is 10.00. The van der Waals surface area contributed by atoms with Gasteiger partial charge in [-0.15, -0.1) is 0 Å². The Kier molecular flexibility index (Phi) is 4.51. The van der Waals surface area contributed by atoms with Gasteiger partial charge in [0.15, 0.2) is 5.13 Å². The average molecular weight is 281 g/mol. The molecule has 108 valence electrons. The molecular weight excluding hydrogens is 254 g/mol. The minimum Gasteiger partial charge on any atom is -0.348 e. The molecule has 0 radical (unpaired) electrons. The van der Waals surface area contributed by atoms with E-state index in [4.69, 9.17) is 10.7 Å². The lowest BCUT2D eigenvalue weighted by molar-refractivity contribution is 0.438. The molecule has 2 heterocycles. The molecule has 0 spiro atoms. The van der Waals surface area contributed by atoms with Gasteiger partial charge in [0.25, 0.3) is 0 Å². The monoisotopic (exact) mass is 281 g/mol. The summed E-state index contributed by atoms with van der Waals surface area (Å²) in [6.07, 6.45) is 4.73. The molecule has 0 saturated carbocycles. The van der Waals surface area contributed by atoms with Gasteiger partial charge < -0.3 is 10.6 Å². The van der Waals surface area contributed by atoms with Gasteiger partial charge in [0, 0.05) is 23.5 Å². The third kappa shape index (κ3) is 3.48. The van der Waals surface area contributed by atoms with E-state index in [1.165, 1.54) is 28.5 Å². The molecule has 1 aliphatic rings. The number of piperidine rings is 1. The lowest BCUT2D eigenvalue weighted by Gasteiger charge is -2.29. The fourth-order valence-corrected chi connectivity index (χ4v) is 3.76. The molecule has 19 heavy (non-hydrogen) atoms. The summed E-state index contributed by atoms with van der Waals surface area (Å²) < 4.78 is 0. The van der Waals surface area contributed by atoms with Gasteiger partial charge >= 0.3 is 0 Å². The van der Waals surface area contributed by atoms with Crippen molar-refractivity contribution >= 4 is 16.5 Å². The number of aryl methyl sites for hydroxylation is 1. The zero-order valence-corrected chi connectivity index (χ0v) is 13.5. The van der Waals surface area contributed by atoms with Gasteiger partial charge in [-0.3, -0.25) is 0 Å². The predicted molar refractivity (Wildman–Crippen MR) is 83.9 cm³/mol. The molecule has 0 atom stereocenters. The Morgan fingerprint density at radius 3 is 2.53 bits per heavy atom. The first kappa shape index (κ1) is 14.8. The first-order valence-electron chi connectivity index (χ1n) is 7.45. The van der Waals surface area contributed by atoms with Crippen LogP contribution in [0.1, 0.15) is 57.5 Å². The molecule has 0 bridgehead atoms. The average Bonchev–Trinajstić information content (AvgIpc) is 2.74. The van der Waals surface area contributed by atoms with Crippen molar-refractivity contribution in [1.29, 1.82) is 0 Å². The number of nitrogens with zero attached hydrogens (tertiary/aromatic N) is 2. The second kappa shape index (κ2) is 5.80. The molecule has 1 saturated heterocycles. The van der Waals surface area contributed by atoms with Gasteiger partial charge in [0.05, 0.1) is 5.69 Å². The van der Waals surface area contributed by atoms with Crippen molar-refractivity contribution in [1.82, 2.24) is 4.98 Å². The maximum absolute atomic E-state index is 6.30. The normalized spacial score (nSPS) is 18.1. The van der Waals surface area contributed by atoms with Crippen LogP contribution in [0.5, 0.6) is 0 Å². The van der Waals surface area contributed by atoms with Crippen LogP contribution >= 0.6 is 11.3 Å². The van der Waals surface area contributed by atoms with Crippen LogP contribution in [-0.4, -0.2) is 18.1 Å². The number of aromatic nitrogens is 1. The Morgan fingerprint density at radius 2 is 2.00 bits per heavy atom. The number of anilines is 1. The molecule has 1 aliphatic heterocycles. The lowest BCUT2D eigenvalue weighted by Crippen LogP contribution is -2.32. The Labute approximate surface area is 121 Å². The van der Waals surface area contributed by atoms with Crippen molar-refractivity contribution < 1.29 is 0 Å². The van der Waals surface area contributed by atoms with E-state index in [-0.39, 0.29) is 5.54 Å². The molecule has 1 fully saturated rings. The molecule has 0 amide bonds. The largest absolute Gasteiger partial charge is 0.348 e. The maximum atomic E-state index is 6.30. The summed E-state index contributed by atoms with van der Waals surface area (Å²) >= 11 is 1.80. The van der Waals surface area contributed by atoms with E-state index in [1.807, 2.05) is 0 Å². The van der Waals surface area contributed by atoms with Crippen molar-refractivity contribution in [3.63, 3.8) is 0 Å². The van der Waals surface area contributed by atoms with Gasteiger partial charge in [-0.25, -0.2) is 4.98 Å². The minimum atomic E-state index is -0.274. The Morgan fingerprint density at radius 1 is 1.37 bits per heavy atom.